The van der Waals surface area contributed by atoms with E-state index in [0.29, 0.717) is 17.2 Å². The predicted molar refractivity (Wildman–Crippen MR) is 92.3 cm³/mol. The zero-order chi connectivity index (χ0) is 16.7. The summed E-state index contributed by atoms with van der Waals surface area (Å²) < 4.78 is 16.2. The zero-order valence-electron chi connectivity index (χ0n) is 14.3. The van der Waals surface area contributed by atoms with Gasteiger partial charge in [-0.3, -0.25) is 4.90 Å². The molecule has 0 aliphatic carbocycles. The van der Waals surface area contributed by atoms with E-state index in [1.54, 1.807) is 21.3 Å². The molecule has 0 N–H and O–H groups in total. The molecule has 0 bridgehead atoms. The Morgan fingerprint density at radius 2 is 1.35 bits per heavy atom. The van der Waals surface area contributed by atoms with E-state index >= 15 is 0 Å². The summed E-state index contributed by atoms with van der Waals surface area (Å²) in [5.41, 5.74) is 2.44. The molecule has 0 fully saturated rings. The fourth-order valence-electron chi connectivity index (χ4n) is 2.61. The molecule has 0 heterocycles. The van der Waals surface area contributed by atoms with Gasteiger partial charge in [-0.1, -0.05) is 37.3 Å². The van der Waals surface area contributed by atoms with Crippen molar-refractivity contribution < 1.29 is 14.2 Å². The van der Waals surface area contributed by atoms with Crippen molar-refractivity contribution in [2.75, 3.05) is 27.9 Å². The van der Waals surface area contributed by atoms with E-state index < -0.39 is 0 Å². The van der Waals surface area contributed by atoms with Crippen LogP contribution in [0.2, 0.25) is 0 Å². The van der Waals surface area contributed by atoms with E-state index in [4.69, 9.17) is 14.2 Å². The summed E-state index contributed by atoms with van der Waals surface area (Å²) >= 11 is 0. The second-order valence-corrected chi connectivity index (χ2v) is 5.32. The first-order valence-electron chi connectivity index (χ1n) is 7.77. The van der Waals surface area contributed by atoms with Crippen LogP contribution >= 0.6 is 0 Å². The van der Waals surface area contributed by atoms with Crippen LogP contribution in [0.3, 0.4) is 0 Å². The van der Waals surface area contributed by atoms with Crippen LogP contribution in [0.25, 0.3) is 0 Å². The van der Waals surface area contributed by atoms with Gasteiger partial charge in [-0.25, -0.2) is 0 Å². The Bertz CT molecular complexity index is 588. The number of benzene rings is 2. The molecule has 124 valence electrons. The molecule has 0 saturated carbocycles. The highest BCUT2D eigenvalue weighted by atomic mass is 16.5. The molecule has 0 unspecified atom stereocenters. The molecule has 23 heavy (non-hydrogen) atoms. The summed E-state index contributed by atoms with van der Waals surface area (Å²) in [6.07, 6.45) is 0. The third kappa shape index (κ3) is 4.39. The quantitative estimate of drug-likeness (QED) is 0.742. The standard InChI is InChI=1S/C19H25NO3/c1-5-20(13-15-9-7-6-8-10-15)14-16-11-17(21-2)19(23-4)18(12-16)22-3/h6-12H,5,13-14H2,1-4H3. The van der Waals surface area contributed by atoms with Crippen LogP contribution in [0.4, 0.5) is 0 Å². The highest BCUT2D eigenvalue weighted by Crippen LogP contribution is 2.38. The summed E-state index contributed by atoms with van der Waals surface area (Å²) in [5, 5.41) is 0. The van der Waals surface area contributed by atoms with Crippen molar-refractivity contribution in [2.24, 2.45) is 0 Å². The second kappa shape index (κ2) is 8.44. The van der Waals surface area contributed by atoms with E-state index in [2.05, 4.69) is 36.1 Å². The van der Waals surface area contributed by atoms with Crippen LogP contribution in [-0.2, 0) is 13.1 Å². The molecule has 0 radical (unpaired) electrons. The number of rotatable bonds is 8. The smallest absolute Gasteiger partial charge is 0.203 e. The minimum Gasteiger partial charge on any atom is -0.493 e. The lowest BCUT2D eigenvalue weighted by molar-refractivity contribution is 0.269. The first kappa shape index (κ1) is 17.2. The van der Waals surface area contributed by atoms with Gasteiger partial charge in [0.05, 0.1) is 21.3 Å². The minimum absolute atomic E-state index is 0.629. The number of nitrogens with zero attached hydrogens (tertiary/aromatic N) is 1. The molecular weight excluding hydrogens is 290 g/mol. The van der Waals surface area contributed by atoms with Crippen LogP contribution in [0.1, 0.15) is 18.1 Å². The summed E-state index contributed by atoms with van der Waals surface area (Å²) in [6.45, 7) is 4.86. The molecule has 0 amide bonds. The molecular formula is C19H25NO3. The van der Waals surface area contributed by atoms with Crippen LogP contribution in [0.5, 0.6) is 17.2 Å². The fraction of sp³-hybridized carbons (Fsp3) is 0.368. The molecule has 0 aliphatic heterocycles. The Kier molecular flexibility index (Phi) is 6.29. The second-order valence-electron chi connectivity index (χ2n) is 5.32. The van der Waals surface area contributed by atoms with Crippen LogP contribution < -0.4 is 14.2 Å². The summed E-state index contributed by atoms with van der Waals surface area (Å²) in [6, 6.07) is 14.5. The van der Waals surface area contributed by atoms with Crippen molar-refractivity contribution in [3.63, 3.8) is 0 Å². The van der Waals surface area contributed by atoms with E-state index in [0.717, 1.165) is 25.2 Å². The average Bonchev–Trinajstić information content (AvgIpc) is 2.61. The molecule has 0 aromatic heterocycles. The van der Waals surface area contributed by atoms with Crippen molar-refractivity contribution in [3.05, 3.63) is 53.6 Å². The topological polar surface area (TPSA) is 30.9 Å². The Hall–Kier alpha value is -2.20. The first-order valence-corrected chi connectivity index (χ1v) is 7.77. The van der Waals surface area contributed by atoms with Gasteiger partial charge in [0.15, 0.2) is 11.5 Å². The summed E-state index contributed by atoms with van der Waals surface area (Å²) in [4.78, 5) is 2.37. The van der Waals surface area contributed by atoms with Crippen molar-refractivity contribution in [1.82, 2.24) is 4.90 Å². The predicted octanol–water partition coefficient (Wildman–Crippen LogP) is 3.73. The maximum absolute atomic E-state index is 5.43. The largest absolute Gasteiger partial charge is 0.493 e. The zero-order valence-corrected chi connectivity index (χ0v) is 14.3. The maximum atomic E-state index is 5.43. The Labute approximate surface area is 138 Å². The van der Waals surface area contributed by atoms with Gasteiger partial charge in [0, 0.05) is 13.1 Å². The van der Waals surface area contributed by atoms with Gasteiger partial charge in [-0.05, 0) is 29.8 Å². The SMILES string of the molecule is CCN(Cc1ccccc1)Cc1cc(OC)c(OC)c(OC)c1. The molecule has 0 spiro atoms. The van der Waals surface area contributed by atoms with E-state index in [1.807, 2.05) is 18.2 Å². The highest BCUT2D eigenvalue weighted by molar-refractivity contribution is 5.53. The van der Waals surface area contributed by atoms with E-state index in [-0.39, 0.29) is 0 Å². The molecule has 0 saturated heterocycles. The fourth-order valence-corrected chi connectivity index (χ4v) is 2.61. The normalized spacial score (nSPS) is 10.7. The van der Waals surface area contributed by atoms with Gasteiger partial charge in [0.1, 0.15) is 0 Å². The molecule has 2 rings (SSSR count). The van der Waals surface area contributed by atoms with E-state index in [9.17, 15) is 0 Å². The Morgan fingerprint density at radius 3 is 1.83 bits per heavy atom. The Morgan fingerprint density at radius 1 is 0.783 bits per heavy atom. The van der Waals surface area contributed by atoms with Gasteiger partial charge < -0.3 is 14.2 Å². The summed E-state index contributed by atoms with van der Waals surface area (Å²) in [7, 11) is 4.90. The molecule has 2 aromatic rings. The van der Waals surface area contributed by atoms with Gasteiger partial charge in [-0.2, -0.15) is 0 Å². The third-order valence-corrected chi connectivity index (χ3v) is 3.83. The lowest BCUT2D eigenvalue weighted by Crippen LogP contribution is -2.22. The number of hydrogen-bond donors (Lipinski definition) is 0. The molecule has 4 nitrogen and oxygen atoms in total. The number of hydrogen-bond acceptors (Lipinski definition) is 4. The van der Waals surface area contributed by atoms with Gasteiger partial charge in [0.25, 0.3) is 0 Å². The monoisotopic (exact) mass is 315 g/mol. The molecule has 2 aromatic carbocycles. The Balaban J connectivity index is 2.20. The lowest BCUT2D eigenvalue weighted by atomic mass is 10.1. The molecule has 0 aliphatic rings. The van der Waals surface area contributed by atoms with Crippen molar-refractivity contribution in [3.8, 4) is 17.2 Å². The van der Waals surface area contributed by atoms with Crippen molar-refractivity contribution in [2.45, 2.75) is 20.0 Å². The first-order chi connectivity index (χ1) is 11.2. The third-order valence-electron chi connectivity index (χ3n) is 3.83. The van der Waals surface area contributed by atoms with Gasteiger partial charge in [0.2, 0.25) is 5.75 Å². The van der Waals surface area contributed by atoms with Gasteiger partial charge in [-0.15, -0.1) is 0 Å². The number of ether oxygens (including phenoxy) is 3. The van der Waals surface area contributed by atoms with Crippen LogP contribution in [0.15, 0.2) is 42.5 Å². The maximum Gasteiger partial charge on any atom is 0.203 e. The highest BCUT2D eigenvalue weighted by Gasteiger charge is 2.14. The lowest BCUT2D eigenvalue weighted by Gasteiger charge is -2.22. The summed E-state index contributed by atoms with van der Waals surface area (Å²) in [5.74, 6) is 2.01. The number of methoxy groups -OCH3 is 3. The molecule has 0 atom stereocenters. The van der Waals surface area contributed by atoms with Crippen molar-refractivity contribution in [1.29, 1.82) is 0 Å². The minimum atomic E-state index is 0.629. The van der Waals surface area contributed by atoms with Gasteiger partial charge >= 0.3 is 0 Å². The van der Waals surface area contributed by atoms with Crippen molar-refractivity contribution >= 4 is 0 Å². The molecule has 4 heteroatoms. The average molecular weight is 315 g/mol. The van der Waals surface area contributed by atoms with E-state index in [1.165, 1.54) is 5.56 Å². The van der Waals surface area contributed by atoms with Crippen LogP contribution in [-0.4, -0.2) is 32.8 Å². The van der Waals surface area contributed by atoms with Crippen LogP contribution in [0, 0.1) is 0 Å².